The average molecular weight is 309 g/mol. The number of carboxylic acid groups (broad SMARTS) is 1. The highest BCUT2D eigenvalue weighted by atomic mass is 32.2. The van der Waals surface area contributed by atoms with Crippen molar-refractivity contribution in [3.63, 3.8) is 0 Å². The molecule has 1 saturated heterocycles. The van der Waals surface area contributed by atoms with Gasteiger partial charge in [0.1, 0.15) is 11.8 Å². The maximum atomic E-state index is 12.5. The topological polar surface area (TPSA) is 66.8 Å². The van der Waals surface area contributed by atoms with E-state index in [-0.39, 0.29) is 11.2 Å². The molecule has 1 amide bonds. The Morgan fingerprint density at radius 1 is 1.43 bits per heavy atom. The number of hydrogen-bond donors (Lipinski definition) is 1. The maximum absolute atomic E-state index is 12.5. The monoisotopic (exact) mass is 309 g/mol. The molecular weight excluding hydrogens is 290 g/mol. The van der Waals surface area contributed by atoms with Crippen LogP contribution < -0.4 is 4.74 Å². The van der Waals surface area contributed by atoms with Crippen LogP contribution in [-0.4, -0.2) is 46.8 Å². The second-order valence-electron chi connectivity index (χ2n) is 4.94. The van der Waals surface area contributed by atoms with Gasteiger partial charge < -0.3 is 14.7 Å². The van der Waals surface area contributed by atoms with Crippen molar-refractivity contribution in [1.82, 2.24) is 4.90 Å². The lowest BCUT2D eigenvalue weighted by molar-refractivity contribution is -0.147. The standard InChI is InChI=1S/C15H19NO4S/c1-10(21-13-8-4-3-7-12(13)20-2)14(17)16-9-5-6-11(16)15(18)19/h3-4,7-8,10-11H,5-6,9H2,1-2H3,(H,18,19). The molecule has 21 heavy (non-hydrogen) atoms. The summed E-state index contributed by atoms with van der Waals surface area (Å²) in [4.78, 5) is 26.0. The molecule has 0 spiro atoms. The van der Waals surface area contributed by atoms with E-state index in [9.17, 15) is 9.59 Å². The third-order valence-electron chi connectivity index (χ3n) is 3.54. The number of carboxylic acids is 1. The molecule has 0 bridgehead atoms. The maximum Gasteiger partial charge on any atom is 0.326 e. The fourth-order valence-corrected chi connectivity index (χ4v) is 3.52. The van der Waals surface area contributed by atoms with E-state index in [4.69, 9.17) is 9.84 Å². The number of rotatable bonds is 5. The van der Waals surface area contributed by atoms with Gasteiger partial charge in [0, 0.05) is 6.54 Å². The summed E-state index contributed by atoms with van der Waals surface area (Å²) in [5.74, 6) is -0.329. The Labute approximate surface area is 128 Å². The van der Waals surface area contributed by atoms with Crippen LogP contribution in [0.5, 0.6) is 5.75 Å². The number of methoxy groups -OCH3 is 1. The van der Waals surface area contributed by atoms with Gasteiger partial charge in [0.15, 0.2) is 0 Å². The predicted octanol–water partition coefficient (Wildman–Crippen LogP) is 2.25. The molecule has 1 aromatic carbocycles. The van der Waals surface area contributed by atoms with Crippen molar-refractivity contribution in [3.8, 4) is 5.75 Å². The van der Waals surface area contributed by atoms with Gasteiger partial charge in [-0.25, -0.2) is 4.79 Å². The lowest BCUT2D eigenvalue weighted by Crippen LogP contribution is -2.43. The molecule has 0 radical (unpaired) electrons. The Balaban J connectivity index is 2.07. The summed E-state index contributed by atoms with van der Waals surface area (Å²) in [6, 6.07) is 6.81. The molecule has 2 unspecified atom stereocenters. The van der Waals surface area contributed by atoms with Gasteiger partial charge >= 0.3 is 5.97 Å². The molecular formula is C15H19NO4S. The van der Waals surface area contributed by atoms with Gasteiger partial charge in [0.2, 0.25) is 5.91 Å². The van der Waals surface area contributed by atoms with Crippen LogP contribution >= 0.6 is 11.8 Å². The van der Waals surface area contributed by atoms with Crippen molar-refractivity contribution in [2.45, 2.75) is 36.0 Å². The molecule has 1 heterocycles. The highest BCUT2D eigenvalue weighted by Gasteiger charge is 2.36. The SMILES string of the molecule is COc1ccccc1SC(C)C(=O)N1CCCC1C(=O)O. The number of aliphatic carboxylic acids is 1. The molecule has 6 heteroatoms. The summed E-state index contributed by atoms with van der Waals surface area (Å²) in [6.07, 6.45) is 1.28. The molecule has 1 aliphatic heterocycles. The van der Waals surface area contributed by atoms with Gasteiger partial charge in [-0.3, -0.25) is 4.79 Å². The Bertz CT molecular complexity index is 534. The number of benzene rings is 1. The number of carbonyl (C=O) groups is 2. The predicted molar refractivity (Wildman–Crippen MR) is 80.7 cm³/mol. The lowest BCUT2D eigenvalue weighted by atomic mass is 10.2. The Hall–Kier alpha value is -1.69. The van der Waals surface area contributed by atoms with Gasteiger partial charge in [-0.1, -0.05) is 12.1 Å². The number of nitrogens with zero attached hydrogens (tertiary/aromatic N) is 1. The van der Waals surface area contributed by atoms with Crippen molar-refractivity contribution in [3.05, 3.63) is 24.3 Å². The van der Waals surface area contributed by atoms with E-state index in [0.717, 1.165) is 17.1 Å². The summed E-state index contributed by atoms with van der Waals surface area (Å²) in [5.41, 5.74) is 0. The van der Waals surface area contributed by atoms with Gasteiger partial charge in [0.25, 0.3) is 0 Å². The number of ether oxygens (including phenoxy) is 1. The molecule has 1 N–H and O–H groups in total. The van der Waals surface area contributed by atoms with Gasteiger partial charge in [-0.15, -0.1) is 11.8 Å². The van der Waals surface area contributed by atoms with Crippen LogP contribution in [0.3, 0.4) is 0 Å². The van der Waals surface area contributed by atoms with Crippen molar-refractivity contribution < 1.29 is 19.4 Å². The molecule has 2 rings (SSSR count). The van der Waals surface area contributed by atoms with Crippen molar-refractivity contribution >= 4 is 23.6 Å². The molecule has 0 aliphatic carbocycles. The third-order valence-corrected chi connectivity index (χ3v) is 4.69. The van der Waals surface area contributed by atoms with Crippen LogP contribution in [0.2, 0.25) is 0 Å². The van der Waals surface area contributed by atoms with E-state index < -0.39 is 12.0 Å². The Morgan fingerprint density at radius 2 is 2.14 bits per heavy atom. The van der Waals surface area contributed by atoms with Crippen molar-refractivity contribution in [1.29, 1.82) is 0 Å². The number of amides is 1. The molecule has 114 valence electrons. The molecule has 5 nitrogen and oxygen atoms in total. The second-order valence-corrected chi connectivity index (χ2v) is 6.32. The summed E-state index contributed by atoms with van der Waals surface area (Å²) in [6.45, 7) is 2.32. The quantitative estimate of drug-likeness (QED) is 0.845. The smallest absolute Gasteiger partial charge is 0.326 e. The number of para-hydroxylation sites is 1. The Kier molecular flexibility index (Phi) is 5.12. The van der Waals surface area contributed by atoms with E-state index >= 15 is 0 Å². The van der Waals surface area contributed by atoms with E-state index in [1.165, 1.54) is 16.7 Å². The molecule has 1 aliphatic rings. The van der Waals surface area contributed by atoms with E-state index in [0.29, 0.717) is 13.0 Å². The third kappa shape index (κ3) is 3.50. The van der Waals surface area contributed by atoms with Crippen LogP contribution in [0.15, 0.2) is 29.2 Å². The summed E-state index contributed by atoms with van der Waals surface area (Å²) in [5, 5.41) is 8.82. The highest BCUT2D eigenvalue weighted by molar-refractivity contribution is 8.00. The zero-order chi connectivity index (χ0) is 15.4. The molecule has 0 saturated carbocycles. The summed E-state index contributed by atoms with van der Waals surface area (Å²) >= 11 is 1.39. The second kappa shape index (κ2) is 6.85. The summed E-state index contributed by atoms with van der Waals surface area (Å²) < 4.78 is 5.27. The van der Waals surface area contributed by atoms with Gasteiger partial charge in [-0.05, 0) is 31.9 Å². The lowest BCUT2D eigenvalue weighted by Gasteiger charge is -2.24. The Morgan fingerprint density at radius 3 is 2.81 bits per heavy atom. The van der Waals surface area contributed by atoms with E-state index in [2.05, 4.69) is 0 Å². The first-order valence-electron chi connectivity index (χ1n) is 6.87. The first-order valence-corrected chi connectivity index (χ1v) is 7.75. The minimum Gasteiger partial charge on any atom is -0.496 e. The van der Waals surface area contributed by atoms with Crippen LogP contribution in [0, 0.1) is 0 Å². The zero-order valence-corrected chi connectivity index (χ0v) is 12.9. The van der Waals surface area contributed by atoms with E-state index in [1.54, 1.807) is 14.0 Å². The normalized spacial score (nSPS) is 19.3. The number of hydrogen-bond acceptors (Lipinski definition) is 4. The highest BCUT2D eigenvalue weighted by Crippen LogP contribution is 2.33. The van der Waals surface area contributed by atoms with Gasteiger partial charge in [0.05, 0.1) is 17.3 Å². The van der Waals surface area contributed by atoms with Crippen LogP contribution in [0.4, 0.5) is 0 Å². The average Bonchev–Trinajstić information content (AvgIpc) is 2.96. The minimum absolute atomic E-state index is 0.129. The van der Waals surface area contributed by atoms with Crippen molar-refractivity contribution in [2.24, 2.45) is 0 Å². The number of thioether (sulfide) groups is 1. The van der Waals surface area contributed by atoms with E-state index in [1.807, 2.05) is 24.3 Å². The first kappa shape index (κ1) is 15.7. The number of likely N-dealkylation sites (tertiary alicyclic amines) is 1. The molecule has 1 aromatic rings. The van der Waals surface area contributed by atoms with Crippen LogP contribution in [-0.2, 0) is 9.59 Å². The molecule has 1 fully saturated rings. The van der Waals surface area contributed by atoms with Crippen LogP contribution in [0.1, 0.15) is 19.8 Å². The number of carbonyl (C=O) groups excluding carboxylic acids is 1. The van der Waals surface area contributed by atoms with Gasteiger partial charge in [-0.2, -0.15) is 0 Å². The summed E-state index contributed by atoms with van der Waals surface area (Å²) in [7, 11) is 1.59. The fraction of sp³-hybridized carbons (Fsp3) is 0.467. The molecule has 2 atom stereocenters. The largest absolute Gasteiger partial charge is 0.496 e. The first-order chi connectivity index (χ1) is 10.0. The molecule has 0 aromatic heterocycles. The minimum atomic E-state index is -0.921. The van der Waals surface area contributed by atoms with Crippen LogP contribution in [0.25, 0.3) is 0 Å². The fourth-order valence-electron chi connectivity index (χ4n) is 2.48. The van der Waals surface area contributed by atoms with Crippen molar-refractivity contribution in [2.75, 3.05) is 13.7 Å². The zero-order valence-electron chi connectivity index (χ0n) is 12.1.